The first-order valence-electron chi connectivity index (χ1n) is 11.3. The van der Waals surface area contributed by atoms with Gasteiger partial charge in [0.05, 0.1) is 17.4 Å². The lowest BCUT2D eigenvalue weighted by molar-refractivity contribution is -0.174. The molecule has 5 rings (SSSR count). The van der Waals surface area contributed by atoms with Gasteiger partial charge >= 0.3 is 12.1 Å². The number of hydrogen-bond acceptors (Lipinski definition) is 4. The van der Waals surface area contributed by atoms with Crippen molar-refractivity contribution in [2.45, 2.75) is 44.1 Å². The van der Waals surface area contributed by atoms with E-state index in [-0.39, 0.29) is 12.1 Å². The van der Waals surface area contributed by atoms with Gasteiger partial charge < -0.3 is 15.1 Å². The molecule has 34 heavy (non-hydrogen) atoms. The summed E-state index contributed by atoms with van der Waals surface area (Å²) in [6.45, 7) is 2.01. The minimum absolute atomic E-state index is 0.0811. The predicted octanol–water partition coefficient (Wildman–Crippen LogP) is 5.61. The molecule has 5 nitrogen and oxygen atoms in total. The minimum Gasteiger partial charge on any atom is -0.360 e. The number of fused-ring (bicyclic) bond motifs is 5. The highest BCUT2D eigenvalue weighted by atomic mass is 19.4. The number of pyridine rings is 1. The number of carbonyl (C=O) groups excluding carboxylic acids is 1. The summed E-state index contributed by atoms with van der Waals surface area (Å²) in [6.07, 6.45) is -0.549. The number of benzene rings is 2. The second-order valence-electron chi connectivity index (χ2n) is 8.97. The number of aromatic nitrogens is 1. The van der Waals surface area contributed by atoms with Gasteiger partial charge in [-0.1, -0.05) is 24.3 Å². The summed E-state index contributed by atoms with van der Waals surface area (Å²) in [7, 11) is 2.01. The van der Waals surface area contributed by atoms with Gasteiger partial charge in [0.1, 0.15) is 0 Å². The van der Waals surface area contributed by atoms with E-state index >= 15 is 0 Å². The van der Waals surface area contributed by atoms with E-state index in [9.17, 15) is 18.0 Å². The number of hydrogen-bond donors (Lipinski definition) is 1. The van der Waals surface area contributed by atoms with E-state index in [4.69, 9.17) is 0 Å². The maximum atomic E-state index is 12.9. The van der Waals surface area contributed by atoms with E-state index in [1.165, 1.54) is 0 Å². The van der Waals surface area contributed by atoms with Gasteiger partial charge in [-0.2, -0.15) is 13.2 Å². The lowest BCUT2D eigenvalue weighted by Crippen LogP contribution is -2.52. The van der Waals surface area contributed by atoms with Gasteiger partial charge in [0.2, 0.25) is 0 Å². The van der Waals surface area contributed by atoms with Crippen molar-refractivity contribution in [3.8, 4) is 11.1 Å². The highest BCUT2D eigenvalue weighted by Crippen LogP contribution is 2.50. The lowest BCUT2D eigenvalue weighted by Gasteiger charge is -2.45. The molecule has 0 bridgehead atoms. The Morgan fingerprint density at radius 1 is 0.971 bits per heavy atom. The maximum absolute atomic E-state index is 12.9. The van der Waals surface area contributed by atoms with Crippen LogP contribution in [0.25, 0.3) is 11.1 Å². The molecule has 3 aromatic rings. The van der Waals surface area contributed by atoms with Crippen LogP contribution in [0.2, 0.25) is 0 Å². The van der Waals surface area contributed by atoms with Crippen LogP contribution in [0.5, 0.6) is 0 Å². The second kappa shape index (κ2) is 8.34. The van der Waals surface area contributed by atoms with Gasteiger partial charge in [0.25, 0.3) is 0 Å². The smallest absolute Gasteiger partial charge is 0.360 e. The number of carbonyl (C=O) groups is 1. The summed E-state index contributed by atoms with van der Waals surface area (Å²) in [6, 6.07) is 17.4. The molecule has 2 aliphatic heterocycles. The number of amides is 1. The van der Waals surface area contributed by atoms with Crippen molar-refractivity contribution in [1.29, 1.82) is 0 Å². The molecular weight excluding hydrogens is 441 g/mol. The van der Waals surface area contributed by atoms with E-state index in [1.807, 2.05) is 50.4 Å². The average molecular weight is 467 g/mol. The molecule has 3 atom stereocenters. The van der Waals surface area contributed by atoms with Gasteiger partial charge in [-0.05, 0) is 66.8 Å². The Bertz CT molecular complexity index is 1210. The summed E-state index contributed by atoms with van der Waals surface area (Å²) in [4.78, 5) is 20.2. The fraction of sp³-hybridized carbons (Fsp3) is 0.308. The first-order valence-corrected chi connectivity index (χ1v) is 11.3. The minimum atomic E-state index is -4.89. The van der Waals surface area contributed by atoms with E-state index in [2.05, 4.69) is 38.3 Å². The molecule has 1 saturated heterocycles. The molecule has 1 amide bonds. The third kappa shape index (κ3) is 3.87. The van der Waals surface area contributed by atoms with Crippen LogP contribution in [0.4, 0.5) is 30.2 Å². The van der Waals surface area contributed by atoms with E-state index in [0.717, 1.165) is 33.8 Å². The number of alkyl halides is 3. The Kier molecular flexibility index (Phi) is 5.46. The van der Waals surface area contributed by atoms with Crippen LogP contribution in [0.15, 0.2) is 67.0 Å². The SMILES string of the molecule is C[C@@H]1C[C@H](NC(=O)C(F)(F)F)C[C@H]2c3ccccc3N(C)c3cc(-c4ccncc4)ccc3N12. The van der Waals surface area contributed by atoms with Crippen LogP contribution >= 0.6 is 0 Å². The molecular formula is C26H25F3N4O. The van der Waals surface area contributed by atoms with Gasteiger partial charge in [-0.25, -0.2) is 0 Å². The quantitative estimate of drug-likeness (QED) is 0.534. The summed E-state index contributed by atoms with van der Waals surface area (Å²) < 4.78 is 38.8. The van der Waals surface area contributed by atoms with Crippen LogP contribution < -0.4 is 15.1 Å². The molecule has 2 aromatic carbocycles. The third-order valence-electron chi connectivity index (χ3n) is 6.82. The van der Waals surface area contributed by atoms with E-state index in [1.54, 1.807) is 12.4 Å². The average Bonchev–Trinajstić information content (AvgIpc) is 2.92. The Morgan fingerprint density at radius 2 is 1.71 bits per heavy atom. The molecule has 0 unspecified atom stereocenters. The summed E-state index contributed by atoms with van der Waals surface area (Å²) in [5, 5.41) is 2.23. The van der Waals surface area contributed by atoms with Gasteiger partial charge in [0.15, 0.2) is 0 Å². The van der Waals surface area contributed by atoms with Crippen LogP contribution in [-0.2, 0) is 4.79 Å². The van der Waals surface area contributed by atoms with Crippen molar-refractivity contribution in [3.05, 3.63) is 72.6 Å². The Morgan fingerprint density at radius 3 is 2.44 bits per heavy atom. The fourth-order valence-electron chi connectivity index (χ4n) is 5.32. The van der Waals surface area contributed by atoms with Crippen LogP contribution in [0, 0.1) is 0 Å². The second-order valence-corrected chi connectivity index (χ2v) is 8.97. The molecule has 8 heteroatoms. The number of anilines is 3. The van der Waals surface area contributed by atoms with Crippen molar-refractivity contribution in [3.63, 3.8) is 0 Å². The zero-order chi connectivity index (χ0) is 24.0. The molecule has 1 aromatic heterocycles. The first kappa shape index (κ1) is 22.3. The predicted molar refractivity (Wildman–Crippen MR) is 126 cm³/mol. The van der Waals surface area contributed by atoms with Crippen LogP contribution in [0.1, 0.15) is 31.4 Å². The van der Waals surface area contributed by atoms with E-state index < -0.39 is 18.1 Å². The molecule has 1 fully saturated rings. The van der Waals surface area contributed by atoms with Gasteiger partial charge in [-0.15, -0.1) is 0 Å². The van der Waals surface area contributed by atoms with Crippen molar-refractivity contribution < 1.29 is 18.0 Å². The highest BCUT2D eigenvalue weighted by Gasteiger charge is 2.44. The van der Waals surface area contributed by atoms with Gasteiger partial charge in [0, 0.05) is 37.2 Å². The number of nitrogens with zero attached hydrogens (tertiary/aromatic N) is 3. The largest absolute Gasteiger partial charge is 0.471 e. The van der Waals surface area contributed by atoms with Crippen molar-refractivity contribution in [1.82, 2.24) is 10.3 Å². The molecule has 176 valence electrons. The molecule has 2 aliphatic rings. The van der Waals surface area contributed by atoms with Crippen molar-refractivity contribution in [2.24, 2.45) is 0 Å². The highest BCUT2D eigenvalue weighted by molar-refractivity contribution is 5.86. The molecule has 0 aliphatic carbocycles. The maximum Gasteiger partial charge on any atom is 0.471 e. The Labute approximate surface area is 196 Å². The standard InChI is InChI=1S/C26H25F3N4O/c1-16-13-19(31-25(34)26(27,28)29)15-23-20-5-3-4-6-21(20)32(2)24-14-18(7-8-22(24)33(16)23)17-9-11-30-12-10-17/h3-12,14,16,19,23H,13,15H2,1-2H3,(H,31,34)/t16-,19+,23+/m1/s1. The fourth-order valence-corrected chi connectivity index (χ4v) is 5.32. The Hall–Kier alpha value is -3.55. The molecule has 0 spiro atoms. The first-order chi connectivity index (χ1) is 16.2. The zero-order valence-electron chi connectivity index (χ0n) is 18.9. The van der Waals surface area contributed by atoms with Crippen LogP contribution in [0.3, 0.4) is 0 Å². The molecule has 0 saturated carbocycles. The number of rotatable bonds is 2. The van der Waals surface area contributed by atoms with Crippen molar-refractivity contribution in [2.75, 3.05) is 16.8 Å². The number of halogens is 3. The zero-order valence-corrected chi connectivity index (χ0v) is 18.9. The van der Waals surface area contributed by atoms with Gasteiger partial charge in [-0.3, -0.25) is 9.78 Å². The van der Waals surface area contributed by atoms with E-state index in [0.29, 0.717) is 12.8 Å². The lowest BCUT2D eigenvalue weighted by atomic mass is 9.87. The van der Waals surface area contributed by atoms with Crippen molar-refractivity contribution >= 4 is 23.0 Å². The Balaban J connectivity index is 1.59. The molecule has 1 N–H and O–H groups in total. The summed E-state index contributed by atoms with van der Waals surface area (Å²) in [5.74, 6) is -1.88. The normalized spacial score (nSPS) is 21.7. The molecule has 0 radical (unpaired) electrons. The number of nitrogens with one attached hydrogen (secondary N) is 1. The number of para-hydroxylation sites is 1. The molecule has 3 heterocycles. The summed E-state index contributed by atoms with van der Waals surface area (Å²) >= 11 is 0. The monoisotopic (exact) mass is 466 g/mol. The third-order valence-corrected chi connectivity index (χ3v) is 6.82. The van der Waals surface area contributed by atoms with Crippen LogP contribution in [-0.4, -0.2) is 36.2 Å². The number of piperidine rings is 1. The topological polar surface area (TPSA) is 48.5 Å². The summed E-state index contributed by atoms with van der Waals surface area (Å²) in [5.41, 5.74) is 6.19.